The Kier molecular flexibility index (Phi) is 3.77. The van der Waals surface area contributed by atoms with Crippen LogP contribution in [0.25, 0.3) is 5.57 Å². The largest absolute Gasteiger partial charge is 0.263 e. The lowest BCUT2D eigenvalue weighted by molar-refractivity contribution is 0.421. The maximum Gasteiger partial charge on any atom is 0.242 e. The van der Waals surface area contributed by atoms with Gasteiger partial charge in [-0.05, 0) is 54.0 Å². The Labute approximate surface area is 142 Å². The summed E-state index contributed by atoms with van der Waals surface area (Å²) in [5.74, 6) is 0.465. The van der Waals surface area contributed by atoms with E-state index in [1.807, 2.05) is 12.1 Å². The van der Waals surface area contributed by atoms with Crippen LogP contribution < -0.4 is 4.72 Å². The number of sulfonamides is 1. The summed E-state index contributed by atoms with van der Waals surface area (Å²) >= 11 is 0. The highest BCUT2D eigenvalue weighted by molar-refractivity contribution is 7.89. The molecule has 1 fully saturated rings. The zero-order valence-electron chi connectivity index (χ0n) is 13.4. The molecule has 0 radical (unpaired) electrons. The van der Waals surface area contributed by atoms with Gasteiger partial charge in [-0.25, -0.2) is 13.1 Å². The van der Waals surface area contributed by atoms with Crippen molar-refractivity contribution in [2.75, 3.05) is 0 Å². The van der Waals surface area contributed by atoms with Gasteiger partial charge in [-0.2, -0.15) is 0 Å². The summed E-state index contributed by atoms with van der Waals surface area (Å²) in [6.07, 6.45) is 5.87. The number of rotatable bonds is 3. The molecule has 1 heterocycles. The van der Waals surface area contributed by atoms with Crippen LogP contribution in [0.1, 0.15) is 24.0 Å². The van der Waals surface area contributed by atoms with E-state index in [0.29, 0.717) is 5.92 Å². The molecule has 1 aromatic carbocycles. The minimum Gasteiger partial charge on any atom is -0.263 e. The van der Waals surface area contributed by atoms with Crippen molar-refractivity contribution in [2.24, 2.45) is 11.8 Å². The fraction of sp³-hybridized carbons (Fsp3) is 0.316. The molecule has 2 bridgehead atoms. The molecule has 24 heavy (non-hydrogen) atoms. The van der Waals surface area contributed by atoms with Crippen molar-refractivity contribution in [3.05, 3.63) is 66.5 Å². The summed E-state index contributed by atoms with van der Waals surface area (Å²) in [4.78, 5) is 4.15. The lowest BCUT2D eigenvalue weighted by atomic mass is 9.89. The molecule has 2 aromatic rings. The fourth-order valence-corrected chi connectivity index (χ4v) is 5.44. The highest BCUT2D eigenvalue weighted by atomic mass is 32.2. The second-order valence-corrected chi connectivity index (χ2v) is 8.38. The van der Waals surface area contributed by atoms with Crippen molar-refractivity contribution < 1.29 is 8.42 Å². The molecule has 2 aliphatic rings. The van der Waals surface area contributed by atoms with E-state index in [9.17, 15) is 8.42 Å². The van der Waals surface area contributed by atoms with Crippen LogP contribution >= 0.6 is 0 Å². The zero-order chi connectivity index (χ0) is 16.7. The smallest absolute Gasteiger partial charge is 0.242 e. The standard InChI is InChI=1S/C19H20N2O2S/c1-13-17-7-3-2-5-14(17)11-15-8-9-18(13)19(15)21-24(22,23)16-6-4-10-20-12-16/h2-7,10,12,15,18-19,21H,1,8-9,11H2. The van der Waals surface area contributed by atoms with Gasteiger partial charge in [-0.3, -0.25) is 4.98 Å². The molecule has 0 amide bonds. The third kappa shape index (κ3) is 2.58. The predicted molar refractivity (Wildman–Crippen MR) is 93.7 cm³/mol. The Bertz CT molecular complexity index is 877. The maximum absolute atomic E-state index is 12.7. The molecule has 3 unspecified atom stereocenters. The molecule has 3 atom stereocenters. The van der Waals surface area contributed by atoms with E-state index in [4.69, 9.17) is 0 Å². The number of aromatic nitrogens is 1. The Morgan fingerprint density at radius 1 is 1.12 bits per heavy atom. The van der Waals surface area contributed by atoms with Gasteiger partial charge >= 0.3 is 0 Å². The number of fused-ring (bicyclic) bond motifs is 3. The van der Waals surface area contributed by atoms with Gasteiger partial charge in [0.05, 0.1) is 0 Å². The summed E-state index contributed by atoms with van der Waals surface area (Å²) in [5.41, 5.74) is 3.53. The molecular formula is C19H20N2O2S. The summed E-state index contributed by atoms with van der Waals surface area (Å²) in [7, 11) is -3.57. The Morgan fingerprint density at radius 2 is 1.96 bits per heavy atom. The maximum atomic E-state index is 12.7. The summed E-state index contributed by atoms with van der Waals surface area (Å²) < 4.78 is 28.4. The third-order valence-electron chi connectivity index (χ3n) is 5.32. The van der Waals surface area contributed by atoms with E-state index in [1.165, 1.54) is 17.3 Å². The van der Waals surface area contributed by atoms with E-state index in [1.54, 1.807) is 18.3 Å². The minimum absolute atomic E-state index is 0.102. The van der Waals surface area contributed by atoms with Crippen LogP contribution in [-0.2, 0) is 16.4 Å². The van der Waals surface area contributed by atoms with Crippen molar-refractivity contribution in [3.63, 3.8) is 0 Å². The van der Waals surface area contributed by atoms with Crippen LogP contribution in [0.15, 0.2) is 60.3 Å². The van der Waals surface area contributed by atoms with Crippen LogP contribution in [0.3, 0.4) is 0 Å². The Hall–Kier alpha value is -1.98. The van der Waals surface area contributed by atoms with E-state index in [2.05, 4.69) is 28.4 Å². The van der Waals surface area contributed by atoms with Crippen molar-refractivity contribution in [3.8, 4) is 0 Å². The van der Waals surface area contributed by atoms with Crippen LogP contribution in [0.5, 0.6) is 0 Å². The van der Waals surface area contributed by atoms with Crippen molar-refractivity contribution in [2.45, 2.75) is 30.2 Å². The van der Waals surface area contributed by atoms with Gasteiger partial charge in [0.25, 0.3) is 0 Å². The molecular weight excluding hydrogens is 320 g/mol. The summed E-state index contributed by atoms with van der Waals surface area (Å²) in [5, 5.41) is 0. The van der Waals surface area contributed by atoms with Crippen molar-refractivity contribution in [1.29, 1.82) is 0 Å². The summed E-state index contributed by atoms with van der Waals surface area (Å²) in [6, 6.07) is 11.4. The Balaban J connectivity index is 1.67. The van der Waals surface area contributed by atoms with Crippen LogP contribution in [-0.4, -0.2) is 19.4 Å². The number of pyridine rings is 1. The number of hydrogen-bond acceptors (Lipinski definition) is 3. The first kappa shape index (κ1) is 15.5. The average molecular weight is 340 g/mol. The molecule has 0 aliphatic heterocycles. The lowest BCUT2D eigenvalue weighted by Gasteiger charge is -2.24. The SMILES string of the molecule is C=C1c2ccccc2CC2CCC1C2NS(=O)(=O)c1cccnc1. The van der Waals surface area contributed by atoms with E-state index in [0.717, 1.165) is 24.8 Å². The molecule has 5 heteroatoms. The monoisotopic (exact) mass is 340 g/mol. The molecule has 1 N–H and O–H groups in total. The second kappa shape index (κ2) is 5.83. The minimum atomic E-state index is -3.57. The molecule has 124 valence electrons. The van der Waals surface area contributed by atoms with Gasteiger partial charge in [0, 0.05) is 24.4 Å². The first-order valence-corrected chi connectivity index (χ1v) is 9.74. The Morgan fingerprint density at radius 3 is 2.75 bits per heavy atom. The van der Waals surface area contributed by atoms with Gasteiger partial charge in [-0.1, -0.05) is 30.8 Å². The van der Waals surface area contributed by atoms with Crippen molar-refractivity contribution >= 4 is 15.6 Å². The molecule has 0 spiro atoms. The normalized spacial score (nSPS) is 26.0. The highest BCUT2D eigenvalue weighted by Gasteiger charge is 2.42. The topological polar surface area (TPSA) is 59.1 Å². The van der Waals surface area contributed by atoms with Crippen LogP contribution in [0.4, 0.5) is 0 Å². The van der Waals surface area contributed by atoms with E-state index in [-0.39, 0.29) is 16.9 Å². The molecule has 1 aromatic heterocycles. The van der Waals surface area contributed by atoms with Gasteiger partial charge in [0.2, 0.25) is 10.0 Å². The average Bonchev–Trinajstić information content (AvgIpc) is 2.92. The number of nitrogens with zero attached hydrogens (tertiary/aromatic N) is 1. The summed E-state index contributed by atoms with van der Waals surface area (Å²) in [6.45, 7) is 4.30. The molecule has 4 rings (SSSR count). The van der Waals surface area contributed by atoms with E-state index < -0.39 is 10.0 Å². The van der Waals surface area contributed by atoms with Gasteiger partial charge in [0.15, 0.2) is 0 Å². The van der Waals surface area contributed by atoms with Gasteiger partial charge in [-0.15, -0.1) is 0 Å². The van der Waals surface area contributed by atoms with Gasteiger partial charge < -0.3 is 0 Å². The quantitative estimate of drug-likeness (QED) is 0.934. The number of benzene rings is 1. The molecule has 4 nitrogen and oxygen atoms in total. The first-order chi connectivity index (χ1) is 11.6. The van der Waals surface area contributed by atoms with Gasteiger partial charge in [0.1, 0.15) is 4.90 Å². The van der Waals surface area contributed by atoms with Crippen LogP contribution in [0.2, 0.25) is 0 Å². The lowest BCUT2D eigenvalue weighted by Crippen LogP contribution is -2.41. The van der Waals surface area contributed by atoms with Crippen LogP contribution in [0, 0.1) is 11.8 Å². The van der Waals surface area contributed by atoms with Crippen molar-refractivity contribution in [1.82, 2.24) is 9.71 Å². The number of hydrogen-bond donors (Lipinski definition) is 1. The molecule has 1 saturated carbocycles. The first-order valence-electron chi connectivity index (χ1n) is 8.26. The zero-order valence-corrected chi connectivity index (χ0v) is 14.2. The van der Waals surface area contributed by atoms with E-state index >= 15 is 0 Å². The predicted octanol–water partition coefficient (Wildman–Crippen LogP) is 3.02. The third-order valence-corrected chi connectivity index (χ3v) is 6.76. The molecule has 2 aliphatic carbocycles. The highest BCUT2D eigenvalue weighted by Crippen LogP contribution is 2.45. The molecule has 0 saturated heterocycles. The fourth-order valence-electron chi connectivity index (χ4n) is 4.13. The second-order valence-electron chi connectivity index (χ2n) is 6.67. The number of nitrogens with one attached hydrogen (secondary N) is 1.